The van der Waals surface area contributed by atoms with E-state index < -0.39 is 12.0 Å². The van der Waals surface area contributed by atoms with E-state index in [9.17, 15) is 14.7 Å². The number of aliphatic carboxylic acids is 1. The lowest BCUT2D eigenvalue weighted by atomic mass is 9.84. The van der Waals surface area contributed by atoms with Crippen LogP contribution in [0, 0.1) is 5.92 Å². The highest BCUT2D eigenvalue weighted by molar-refractivity contribution is 6.30. The maximum Gasteiger partial charge on any atom is 0.326 e. The van der Waals surface area contributed by atoms with Crippen LogP contribution in [0.2, 0.25) is 5.02 Å². The summed E-state index contributed by atoms with van der Waals surface area (Å²) < 4.78 is 0. The molecule has 1 saturated heterocycles. The summed E-state index contributed by atoms with van der Waals surface area (Å²) in [6, 6.07) is 6.04. The molecule has 2 aliphatic rings. The van der Waals surface area contributed by atoms with Crippen molar-refractivity contribution in [3.8, 4) is 0 Å². The van der Waals surface area contributed by atoms with Gasteiger partial charge in [-0.05, 0) is 49.4 Å². The zero-order valence-electron chi connectivity index (χ0n) is 11.7. The molecule has 1 aliphatic heterocycles. The number of likely N-dealkylation sites (tertiary alicyclic amines) is 1. The maximum atomic E-state index is 12.7. The molecule has 2 fully saturated rings. The fourth-order valence-electron chi connectivity index (χ4n) is 3.71. The van der Waals surface area contributed by atoms with Gasteiger partial charge in [0.2, 0.25) is 0 Å². The topological polar surface area (TPSA) is 57.6 Å². The first-order chi connectivity index (χ1) is 10.1. The van der Waals surface area contributed by atoms with E-state index in [1.165, 1.54) is 0 Å². The molecule has 112 valence electrons. The third kappa shape index (κ3) is 2.64. The fourth-order valence-corrected chi connectivity index (χ4v) is 3.84. The lowest BCUT2D eigenvalue weighted by molar-refractivity contribution is -0.141. The van der Waals surface area contributed by atoms with Crippen molar-refractivity contribution in [2.75, 3.05) is 0 Å². The smallest absolute Gasteiger partial charge is 0.326 e. The van der Waals surface area contributed by atoms with Crippen LogP contribution in [0.15, 0.2) is 24.3 Å². The van der Waals surface area contributed by atoms with E-state index in [0.29, 0.717) is 22.9 Å². The molecule has 3 atom stereocenters. The van der Waals surface area contributed by atoms with Gasteiger partial charge in [-0.1, -0.05) is 24.4 Å². The second-order valence-corrected chi connectivity index (χ2v) is 6.36. The Morgan fingerprint density at radius 3 is 2.48 bits per heavy atom. The molecule has 0 radical (unpaired) electrons. The fraction of sp³-hybridized carbons (Fsp3) is 0.500. The molecule has 0 unspecified atom stereocenters. The Morgan fingerprint density at radius 1 is 1.14 bits per heavy atom. The van der Waals surface area contributed by atoms with Crippen LogP contribution in [0.25, 0.3) is 0 Å². The molecule has 0 aromatic heterocycles. The average molecular weight is 308 g/mol. The summed E-state index contributed by atoms with van der Waals surface area (Å²) in [5.74, 6) is -0.753. The van der Waals surface area contributed by atoms with E-state index >= 15 is 0 Å². The van der Waals surface area contributed by atoms with Crippen LogP contribution in [0.4, 0.5) is 0 Å². The number of hydrogen-bond donors (Lipinski definition) is 1. The highest BCUT2D eigenvalue weighted by Gasteiger charge is 2.47. The van der Waals surface area contributed by atoms with Crippen LogP contribution in [0.5, 0.6) is 0 Å². The number of carboxylic acids is 1. The van der Waals surface area contributed by atoms with Crippen molar-refractivity contribution in [1.82, 2.24) is 4.90 Å². The van der Waals surface area contributed by atoms with Crippen molar-refractivity contribution in [2.24, 2.45) is 5.92 Å². The number of benzene rings is 1. The second-order valence-electron chi connectivity index (χ2n) is 5.92. The van der Waals surface area contributed by atoms with Gasteiger partial charge in [0.1, 0.15) is 6.04 Å². The molecule has 5 heteroatoms. The number of carbonyl (C=O) groups is 2. The molecule has 1 saturated carbocycles. The first-order valence-corrected chi connectivity index (χ1v) is 7.77. The van der Waals surface area contributed by atoms with Crippen molar-refractivity contribution >= 4 is 23.5 Å². The number of carboxylic acid groups (broad SMARTS) is 1. The number of nitrogens with zero attached hydrogens (tertiary/aromatic N) is 1. The summed E-state index contributed by atoms with van der Waals surface area (Å²) in [5.41, 5.74) is 0.511. The molecule has 1 aromatic carbocycles. The second kappa shape index (κ2) is 5.68. The van der Waals surface area contributed by atoms with E-state index in [1.807, 2.05) is 0 Å². The van der Waals surface area contributed by atoms with Crippen molar-refractivity contribution in [2.45, 2.75) is 44.2 Å². The molecule has 0 bridgehead atoms. The highest BCUT2D eigenvalue weighted by atomic mass is 35.5. The summed E-state index contributed by atoms with van der Waals surface area (Å²) in [6.07, 6.45) is 4.72. The Labute approximate surface area is 128 Å². The monoisotopic (exact) mass is 307 g/mol. The van der Waals surface area contributed by atoms with Crippen molar-refractivity contribution < 1.29 is 14.7 Å². The van der Waals surface area contributed by atoms with E-state index in [0.717, 1.165) is 25.7 Å². The number of amides is 1. The number of hydrogen-bond acceptors (Lipinski definition) is 2. The molecule has 3 rings (SSSR count). The molecule has 0 spiro atoms. The highest BCUT2D eigenvalue weighted by Crippen LogP contribution is 2.40. The van der Waals surface area contributed by atoms with Crippen molar-refractivity contribution in [1.29, 1.82) is 0 Å². The van der Waals surface area contributed by atoms with Gasteiger partial charge in [-0.25, -0.2) is 4.79 Å². The zero-order chi connectivity index (χ0) is 15.0. The Morgan fingerprint density at radius 2 is 1.81 bits per heavy atom. The van der Waals surface area contributed by atoms with Gasteiger partial charge in [0.05, 0.1) is 0 Å². The van der Waals surface area contributed by atoms with Gasteiger partial charge in [-0.2, -0.15) is 0 Å². The Hall–Kier alpha value is -1.55. The third-order valence-electron chi connectivity index (χ3n) is 4.70. The minimum Gasteiger partial charge on any atom is -0.480 e. The quantitative estimate of drug-likeness (QED) is 0.913. The van der Waals surface area contributed by atoms with Crippen LogP contribution in [0.3, 0.4) is 0 Å². The average Bonchev–Trinajstić information content (AvgIpc) is 2.87. The Bertz CT molecular complexity index is 557. The van der Waals surface area contributed by atoms with Gasteiger partial charge in [0.15, 0.2) is 0 Å². The number of halogens is 1. The van der Waals surface area contributed by atoms with Crippen LogP contribution >= 0.6 is 11.6 Å². The molecular weight excluding hydrogens is 290 g/mol. The Kier molecular flexibility index (Phi) is 3.89. The minimum absolute atomic E-state index is 0.0722. The van der Waals surface area contributed by atoms with Crippen molar-refractivity contribution in [3.63, 3.8) is 0 Å². The first kappa shape index (κ1) is 14.4. The molecular formula is C16H18ClNO3. The minimum atomic E-state index is -0.897. The summed E-state index contributed by atoms with van der Waals surface area (Å²) >= 11 is 5.85. The summed E-state index contributed by atoms with van der Waals surface area (Å²) in [7, 11) is 0. The Balaban J connectivity index is 1.90. The zero-order valence-corrected chi connectivity index (χ0v) is 12.4. The van der Waals surface area contributed by atoms with Crippen LogP contribution in [0.1, 0.15) is 42.5 Å². The largest absolute Gasteiger partial charge is 0.480 e. The van der Waals surface area contributed by atoms with Crippen LogP contribution in [-0.4, -0.2) is 34.0 Å². The predicted octanol–water partition coefficient (Wildman–Crippen LogP) is 3.20. The van der Waals surface area contributed by atoms with E-state index in [2.05, 4.69) is 0 Å². The standard InChI is InChI=1S/C16H18ClNO3/c17-12-7-5-10(6-8-12)15(19)18-13-4-2-1-3-11(13)9-14(18)16(20)21/h5-8,11,13-14H,1-4,9H2,(H,20,21)/t11-,13+,14+/m1/s1. The first-order valence-electron chi connectivity index (χ1n) is 7.39. The third-order valence-corrected chi connectivity index (χ3v) is 4.95. The summed E-state index contributed by atoms with van der Waals surface area (Å²) in [6.45, 7) is 0. The molecule has 1 amide bonds. The van der Waals surface area contributed by atoms with Gasteiger partial charge >= 0.3 is 5.97 Å². The summed E-state index contributed by atoms with van der Waals surface area (Å²) in [5, 5.41) is 10.0. The van der Waals surface area contributed by atoms with Gasteiger partial charge in [-0.3, -0.25) is 4.79 Å². The van der Waals surface area contributed by atoms with Gasteiger partial charge in [0, 0.05) is 16.6 Å². The van der Waals surface area contributed by atoms with Crippen LogP contribution < -0.4 is 0 Å². The maximum absolute atomic E-state index is 12.7. The molecule has 21 heavy (non-hydrogen) atoms. The van der Waals surface area contributed by atoms with E-state index in [4.69, 9.17) is 11.6 Å². The molecule has 1 aliphatic carbocycles. The number of carbonyl (C=O) groups excluding carboxylic acids is 1. The number of fused-ring (bicyclic) bond motifs is 1. The lowest BCUT2D eigenvalue weighted by Crippen LogP contribution is -2.46. The van der Waals surface area contributed by atoms with Crippen LogP contribution in [-0.2, 0) is 4.79 Å². The van der Waals surface area contributed by atoms with Gasteiger partial charge in [-0.15, -0.1) is 0 Å². The molecule has 1 aromatic rings. The van der Waals surface area contributed by atoms with E-state index in [1.54, 1.807) is 29.2 Å². The molecule has 1 heterocycles. The molecule has 4 nitrogen and oxygen atoms in total. The van der Waals surface area contributed by atoms with Crippen molar-refractivity contribution in [3.05, 3.63) is 34.9 Å². The predicted molar refractivity (Wildman–Crippen MR) is 79.4 cm³/mol. The van der Waals surface area contributed by atoms with Gasteiger partial charge in [0.25, 0.3) is 5.91 Å². The molecule has 1 N–H and O–H groups in total. The van der Waals surface area contributed by atoms with E-state index in [-0.39, 0.29) is 11.9 Å². The summed E-state index contributed by atoms with van der Waals surface area (Å²) in [4.78, 5) is 25.9. The number of rotatable bonds is 2. The lowest BCUT2D eigenvalue weighted by Gasteiger charge is -2.33. The normalized spacial score (nSPS) is 28.2. The van der Waals surface area contributed by atoms with Gasteiger partial charge < -0.3 is 10.0 Å². The SMILES string of the molecule is O=C(O)[C@@H]1C[C@H]2CCCC[C@@H]2N1C(=O)c1ccc(Cl)cc1.